The number of carbonyl (C=O) groups is 1. The Balaban J connectivity index is 1.56. The molecule has 3 rings (SSSR count). The predicted molar refractivity (Wildman–Crippen MR) is 113 cm³/mol. The normalized spacial score (nSPS) is 11.0. The van der Waals surface area contributed by atoms with Crippen LogP contribution in [0.1, 0.15) is 21.7 Å². The fourth-order valence-corrected chi connectivity index (χ4v) is 2.79. The largest absolute Gasteiger partial charge is 0.573 e. The van der Waals surface area contributed by atoms with Crippen LogP contribution in [0.3, 0.4) is 0 Å². The van der Waals surface area contributed by atoms with Gasteiger partial charge < -0.3 is 20.7 Å². The average Bonchev–Trinajstić information content (AvgIpc) is 2.70. The SMILES string of the molecule is Cc1ccnc(Nc2cc(NCCNC(=O)c3ccccc3OC(F)(F)F)nc(C)n2)c1. The molecule has 0 spiro atoms. The zero-order valence-corrected chi connectivity index (χ0v) is 17.3. The summed E-state index contributed by atoms with van der Waals surface area (Å²) in [4.78, 5) is 25.1. The number of nitrogens with zero attached hydrogens (tertiary/aromatic N) is 3. The molecule has 1 amide bonds. The molecule has 2 aromatic heterocycles. The van der Waals surface area contributed by atoms with Crippen molar-refractivity contribution < 1.29 is 22.7 Å². The molecule has 0 aliphatic heterocycles. The third-order valence-electron chi connectivity index (χ3n) is 4.08. The number of amides is 1. The first-order valence-corrected chi connectivity index (χ1v) is 9.62. The van der Waals surface area contributed by atoms with Gasteiger partial charge in [-0.15, -0.1) is 13.2 Å². The summed E-state index contributed by atoms with van der Waals surface area (Å²) >= 11 is 0. The summed E-state index contributed by atoms with van der Waals surface area (Å²) in [5, 5.41) is 8.70. The number of aromatic nitrogens is 3. The molecule has 3 aromatic rings. The van der Waals surface area contributed by atoms with Crippen molar-refractivity contribution in [2.45, 2.75) is 20.2 Å². The highest BCUT2D eigenvalue weighted by atomic mass is 19.4. The summed E-state index contributed by atoms with van der Waals surface area (Å²) in [5.74, 6) is 0.979. The number of nitrogens with one attached hydrogen (secondary N) is 3. The van der Waals surface area contributed by atoms with Gasteiger partial charge >= 0.3 is 6.36 Å². The Morgan fingerprint density at radius 2 is 1.75 bits per heavy atom. The molecule has 3 N–H and O–H groups in total. The lowest BCUT2D eigenvalue weighted by molar-refractivity contribution is -0.274. The Morgan fingerprint density at radius 3 is 2.50 bits per heavy atom. The van der Waals surface area contributed by atoms with E-state index in [4.69, 9.17) is 0 Å². The second-order valence-electron chi connectivity index (χ2n) is 6.76. The highest BCUT2D eigenvalue weighted by molar-refractivity contribution is 5.96. The molecule has 0 saturated carbocycles. The molecule has 168 valence electrons. The smallest absolute Gasteiger partial charge is 0.405 e. The quantitative estimate of drug-likeness (QED) is 0.450. The molecule has 1 aromatic carbocycles. The molecule has 2 heterocycles. The lowest BCUT2D eigenvalue weighted by Gasteiger charge is -2.13. The van der Waals surface area contributed by atoms with Gasteiger partial charge in [0.1, 0.15) is 29.0 Å². The Kier molecular flexibility index (Phi) is 7.08. The highest BCUT2D eigenvalue weighted by Gasteiger charge is 2.32. The Morgan fingerprint density at radius 1 is 1.00 bits per heavy atom. The van der Waals surface area contributed by atoms with Gasteiger partial charge in [-0.2, -0.15) is 0 Å². The van der Waals surface area contributed by atoms with Crippen LogP contribution in [-0.4, -0.2) is 40.3 Å². The second-order valence-corrected chi connectivity index (χ2v) is 6.76. The fraction of sp³-hybridized carbons (Fsp3) is 0.238. The van der Waals surface area contributed by atoms with E-state index in [1.165, 1.54) is 18.2 Å². The zero-order valence-electron chi connectivity index (χ0n) is 17.3. The molecule has 0 radical (unpaired) electrons. The number of benzene rings is 1. The van der Waals surface area contributed by atoms with E-state index < -0.39 is 18.0 Å². The Labute approximate surface area is 182 Å². The molecule has 0 saturated heterocycles. The number of rotatable bonds is 8. The first-order valence-electron chi connectivity index (χ1n) is 9.62. The average molecular weight is 446 g/mol. The molecule has 0 unspecified atom stereocenters. The van der Waals surface area contributed by atoms with E-state index in [1.54, 1.807) is 19.2 Å². The first kappa shape index (κ1) is 22.8. The predicted octanol–water partition coefficient (Wildman–Crippen LogP) is 3.97. The third-order valence-corrected chi connectivity index (χ3v) is 4.08. The van der Waals surface area contributed by atoms with Gasteiger partial charge in [-0.1, -0.05) is 12.1 Å². The lowest BCUT2D eigenvalue weighted by atomic mass is 10.2. The van der Waals surface area contributed by atoms with Crippen molar-refractivity contribution >= 4 is 23.4 Å². The highest BCUT2D eigenvalue weighted by Crippen LogP contribution is 2.26. The van der Waals surface area contributed by atoms with Crippen LogP contribution in [0.5, 0.6) is 5.75 Å². The number of pyridine rings is 1. The van der Waals surface area contributed by atoms with Crippen LogP contribution < -0.4 is 20.7 Å². The van der Waals surface area contributed by atoms with E-state index in [9.17, 15) is 18.0 Å². The topological polar surface area (TPSA) is 101 Å². The zero-order chi connectivity index (χ0) is 23.1. The molecule has 0 bridgehead atoms. The van der Waals surface area contributed by atoms with Gasteiger partial charge in [-0.25, -0.2) is 15.0 Å². The second kappa shape index (κ2) is 9.94. The molecule has 0 aliphatic rings. The van der Waals surface area contributed by atoms with E-state index >= 15 is 0 Å². The fourth-order valence-electron chi connectivity index (χ4n) is 2.79. The molecule has 0 fully saturated rings. The van der Waals surface area contributed by atoms with E-state index in [-0.39, 0.29) is 18.7 Å². The van der Waals surface area contributed by atoms with Crippen molar-refractivity contribution in [3.63, 3.8) is 0 Å². The number of hydrogen-bond acceptors (Lipinski definition) is 7. The number of para-hydroxylation sites is 1. The Bertz CT molecular complexity index is 1090. The summed E-state index contributed by atoms with van der Waals surface area (Å²) < 4.78 is 41.5. The summed E-state index contributed by atoms with van der Waals surface area (Å²) in [6, 6.07) is 10.6. The van der Waals surface area contributed by atoms with Crippen molar-refractivity contribution in [1.29, 1.82) is 0 Å². The maximum Gasteiger partial charge on any atom is 0.573 e. The Hall–Kier alpha value is -3.89. The summed E-state index contributed by atoms with van der Waals surface area (Å²) in [5.41, 5.74) is 0.837. The van der Waals surface area contributed by atoms with Crippen molar-refractivity contribution in [2.24, 2.45) is 0 Å². The third kappa shape index (κ3) is 6.83. The molecular weight excluding hydrogens is 425 g/mol. The van der Waals surface area contributed by atoms with Gasteiger partial charge in [0, 0.05) is 25.4 Å². The van der Waals surface area contributed by atoms with Gasteiger partial charge in [-0.3, -0.25) is 4.79 Å². The summed E-state index contributed by atoms with van der Waals surface area (Å²) in [7, 11) is 0. The van der Waals surface area contributed by atoms with Crippen molar-refractivity contribution in [2.75, 3.05) is 23.7 Å². The standard InChI is InChI=1S/C21H21F3N6O2/c1-13-7-8-25-17(11-13)30-19-12-18(28-14(2)29-19)26-9-10-27-20(31)15-5-3-4-6-16(15)32-21(22,23)24/h3-8,11-12H,9-10H2,1-2H3,(H,27,31)(H2,25,26,28,29,30). The lowest BCUT2D eigenvalue weighted by Crippen LogP contribution is -2.30. The van der Waals surface area contributed by atoms with Crippen molar-refractivity contribution in [1.82, 2.24) is 20.3 Å². The minimum absolute atomic E-state index is 0.143. The van der Waals surface area contributed by atoms with Gasteiger partial charge in [0.2, 0.25) is 0 Å². The molecule has 0 aliphatic carbocycles. The van der Waals surface area contributed by atoms with E-state index in [1.807, 2.05) is 19.1 Å². The van der Waals surface area contributed by atoms with E-state index in [0.717, 1.165) is 11.6 Å². The van der Waals surface area contributed by atoms with Crippen LogP contribution in [0.25, 0.3) is 0 Å². The van der Waals surface area contributed by atoms with Gasteiger partial charge in [0.25, 0.3) is 5.91 Å². The van der Waals surface area contributed by atoms with E-state index in [0.29, 0.717) is 23.3 Å². The molecule has 11 heteroatoms. The number of carbonyl (C=O) groups excluding carboxylic acids is 1. The minimum Gasteiger partial charge on any atom is -0.405 e. The number of ether oxygens (including phenoxy) is 1. The van der Waals surface area contributed by atoms with Crippen LogP contribution in [0.2, 0.25) is 0 Å². The number of alkyl halides is 3. The van der Waals surface area contributed by atoms with Gasteiger partial charge in [0.15, 0.2) is 0 Å². The summed E-state index contributed by atoms with van der Waals surface area (Å²) in [6.07, 6.45) is -3.20. The van der Waals surface area contributed by atoms with Crippen LogP contribution in [0.15, 0.2) is 48.7 Å². The number of anilines is 3. The molecule has 8 nitrogen and oxygen atoms in total. The minimum atomic E-state index is -4.89. The number of aryl methyl sites for hydroxylation is 2. The van der Waals surface area contributed by atoms with Crippen molar-refractivity contribution in [3.05, 3.63) is 65.6 Å². The van der Waals surface area contributed by atoms with E-state index in [2.05, 4.69) is 35.6 Å². The van der Waals surface area contributed by atoms with Crippen molar-refractivity contribution in [3.8, 4) is 5.75 Å². The van der Waals surface area contributed by atoms with Crippen LogP contribution in [-0.2, 0) is 0 Å². The van der Waals surface area contributed by atoms with Crippen LogP contribution in [0.4, 0.5) is 30.6 Å². The number of hydrogen-bond donors (Lipinski definition) is 3. The molecular formula is C21H21F3N6O2. The van der Waals surface area contributed by atoms with Gasteiger partial charge in [-0.05, 0) is 43.7 Å². The monoisotopic (exact) mass is 446 g/mol. The van der Waals surface area contributed by atoms with Crippen LogP contribution >= 0.6 is 0 Å². The maximum atomic E-state index is 12.5. The summed E-state index contributed by atoms with van der Waals surface area (Å²) in [6.45, 7) is 4.11. The first-order chi connectivity index (χ1) is 15.2. The molecule has 32 heavy (non-hydrogen) atoms. The molecule has 0 atom stereocenters. The number of halogens is 3. The van der Waals surface area contributed by atoms with Crippen LogP contribution in [0, 0.1) is 13.8 Å². The maximum absolute atomic E-state index is 12.5. The van der Waals surface area contributed by atoms with Gasteiger partial charge in [0.05, 0.1) is 5.56 Å².